The first-order valence-corrected chi connectivity index (χ1v) is 5.16. The van der Waals surface area contributed by atoms with Crippen LogP contribution in [0, 0.1) is 6.92 Å². The van der Waals surface area contributed by atoms with Crippen LogP contribution in [0.2, 0.25) is 0 Å². The van der Waals surface area contributed by atoms with Gasteiger partial charge in [-0.3, -0.25) is 0 Å². The molecule has 0 bridgehead atoms. The minimum Gasteiger partial charge on any atom is -0.307 e. The van der Waals surface area contributed by atoms with Gasteiger partial charge in [0, 0.05) is 12.1 Å². The Morgan fingerprint density at radius 2 is 2.15 bits per heavy atom. The van der Waals surface area contributed by atoms with Gasteiger partial charge in [-0.25, -0.2) is 0 Å². The van der Waals surface area contributed by atoms with E-state index in [2.05, 4.69) is 30.4 Å². The lowest BCUT2D eigenvalue weighted by Crippen LogP contribution is -2.36. The van der Waals surface area contributed by atoms with E-state index in [-0.39, 0.29) is 0 Å². The lowest BCUT2D eigenvalue weighted by Gasteiger charge is -2.28. The highest BCUT2D eigenvalue weighted by Gasteiger charge is 2.47. The third kappa shape index (κ3) is 0.969. The molecule has 0 atom stereocenters. The van der Waals surface area contributed by atoms with Gasteiger partial charge in [0.15, 0.2) is 0 Å². The van der Waals surface area contributed by atoms with Gasteiger partial charge >= 0.3 is 0 Å². The number of aryl methyl sites for hydroxylation is 1. The molecule has 1 fully saturated rings. The summed E-state index contributed by atoms with van der Waals surface area (Å²) >= 11 is 0. The molecule has 2 aliphatic rings. The summed E-state index contributed by atoms with van der Waals surface area (Å²) in [6.07, 6.45) is 3.88. The van der Waals surface area contributed by atoms with E-state index in [1.54, 1.807) is 11.1 Å². The summed E-state index contributed by atoms with van der Waals surface area (Å²) in [6, 6.07) is 6.73. The van der Waals surface area contributed by atoms with Crippen molar-refractivity contribution in [2.45, 2.75) is 31.7 Å². The van der Waals surface area contributed by atoms with Crippen LogP contribution in [0.5, 0.6) is 0 Å². The first-order valence-electron chi connectivity index (χ1n) is 5.16. The van der Waals surface area contributed by atoms with Crippen LogP contribution in [0.4, 0.5) is 0 Å². The van der Waals surface area contributed by atoms with Crippen molar-refractivity contribution >= 4 is 0 Å². The average molecular weight is 173 g/mol. The van der Waals surface area contributed by atoms with Crippen LogP contribution in [0.1, 0.15) is 29.5 Å². The summed E-state index contributed by atoms with van der Waals surface area (Å²) in [7, 11) is 0. The molecule has 1 saturated carbocycles. The van der Waals surface area contributed by atoms with E-state index in [0.29, 0.717) is 5.54 Å². The molecular formula is C12H15N. The van der Waals surface area contributed by atoms with Crippen molar-refractivity contribution < 1.29 is 0 Å². The second-order valence-electron chi connectivity index (χ2n) is 4.37. The molecule has 1 aliphatic heterocycles. The second-order valence-corrected chi connectivity index (χ2v) is 4.37. The summed E-state index contributed by atoms with van der Waals surface area (Å²) in [5.74, 6) is 0. The molecule has 0 saturated heterocycles. The highest BCUT2D eigenvalue weighted by molar-refractivity contribution is 5.45. The number of hydrogen-bond donors (Lipinski definition) is 1. The average Bonchev–Trinajstić information content (AvgIpc) is 2.86. The Labute approximate surface area is 79.2 Å². The third-order valence-corrected chi connectivity index (χ3v) is 3.45. The molecule has 1 heterocycles. The van der Waals surface area contributed by atoms with Crippen molar-refractivity contribution in [3.63, 3.8) is 0 Å². The van der Waals surface area contributed by atoms with Crippen molar-refractivity contribution in [2.75, 3.05) is 6.54 Å². The fourth-order valence-corrected chi connectivity index (χ4v) is 2.70. The molecule has 1 aromatic rings. The van der Waals surface area contributed by atoms with Gasteiger partial charge < -0.3 is 5.32 Å². The van der Waals surface area contributed by atoms with E-state index in [4.69, 9.17) is 0 Å². The van der Waals surface area contributed by atoms with Gasteiger partial charge in [-0.1, -0.05) is 18.2 Å². The molecule has 13 heavy (non-hydrogen) atoms. The summed E-state index contributed by atoms with van der Waals surface area (Å²) in [5, 5.41) is 3.67. The summed E-state index contributed by atoms with van der Waals surface area (Å²) < 4.78 is 0. The lowest BCUT2D eigenvalue weighted by molar-refractivity contribution is 0.487. The highest BCUT2D eigenvalue weighted by atomic mass is 15.0. The van der Waals surface area contributed by atoms with E-state index in [1.807, 2.05) is 0 Å². The molecule has 3 rings (SSSR count). The summed E-state index contributed by atoms with van der Waals surface area (Å²) in [5.41, 5.74) is 5.07. The normalized spacial score (nSPS) is 22.8. The Kier molecular flexibility index (Phi) is 1.37. The van der Waals surface area contributed by atoms with Crippen LogP contribution in [-0.2, 0) is 12.0 Å². The van der Waals surface area contributed by atoms with Crippen molar-refractivity contribution in [2.24, 2.45) is 0 Å². The Morgan fingerprint density at radius 3 is 2.92 bits per heavy atom. The zero-order valence-corrected chi connectivity index (χ0v) is 8.06. The summed E-state index contributed by atoms with van der Waals surface area (Å²) in [6.45, 7) is 3.41. The van der Waals surface area contributed by atoms with E-state index in [0.717, 1.165) is 6.54 Å². The maximum absolute atomic E-state index is 3.67. The van der Waals surface area contributed by atoms with E-state index in [9.17, 15) is 0 Å². The molecule has 1 N–H and O–H groups in total. The van der Waals surface area contributed by atoms with E-state index >= 15 is 0 Å². The number of nitrogens with one attached hydrogen (secondary N) is 1. The SMILES string of the molecule is Cc1cccc2c1C1(CC1)NCC2. The minimum atomic E-state index is 0.402. The maximum Gasteiger partial charge on any atom is 0.0441 e. The van der Waals surface area contributed by atoms with E-state index in [1.165, 1.54) is 24.8 Å². The first-order chi connectivity index (χ1) is 6.32. The minimum absolute atomic E-state index is 0.402. The molecule has 1 aromatic carbocycles. The maximum atomic E-state index is 3.67. The predicted octanol–water partition coefficient (Wildman–Crippen LogP) is 2.13. The Morgan fingerprint density at radius 1 is 1.31 bits per heavy atom. The van der Waals surface area contributed by atoms with E-state index < -0.39 is 0 Å². The number of hydrogen-bond acceptors (Lipinski definition) is 1. The molecule has 1 spiro atoms. The Hall–Kier alpha value is -0.820. The lowest BCUT2D eigenvalue weighted by atomic mass is 9.89. The van der Waals surface area contributed by atoms with Crippen LogP contribution in [-0.4, -0.2) is 6.54 Å². The van der Waals surface area contributed by atoms with Crippen molar-refractivity contribution in [1.29, 1.82) is 0 Å². The molecule has 1 aliphatic carbocycles. The Balaban J connectivity index is 2.21. The van der Waals surface area contributed by atoms with Gasteiger partial charge in [-0.05, 0) is 42.9 Å². The monoisotopic (exact) mass is 173 g/mol. The van der Waals surface area contributed by atoms with Gasteiger partial charge in [0.25, 0.3) is 0 Å². The largest absolute Gasteiger partial charge is 0.307 e. The van der Waals surface area contributed by atoms with Gasteiger partial charge in [0.2, 0.25) is 0 Å². The molecular weight excluding hydrogens is 158 g/mol. The van der Waals surface area contributed by atoms with Gasteiger partial charge in [0.05, 0.1) is 0 Å². The molecule has 68 valence electrons. The van der Waals surface area contributed by atoms with Gasteiger partial charge in [-0.2, -0.15) is 0 Å². The smallest absolute Gasteiger partial charge is 0.0441 e. The quantitative estimate of drug-likeness (QED) is 0.633. The molecule has 0 amide bonds. The Bertz CT molecular complexity index is 350. The third-order valence-electron chi connectivity index (χ3n) is 3.45. The van der Waals surface area contributed by atoms with Crippen molar-refractivity contribution in [1.82, 2.24) is 5.32 Å². The predicted molar refractivity (Wildman–Crippen MR) is 53.8 cm³/mol. The fraction of sp³-hybridized carbons (Fsp3) is 0.500. The number of rotatable bonds is 0. The number of benzene rings is 1. The van der Waals surface area contributed by atoms with Gasteiger partial charge in [0.1, 0.15) is 0 Å². The molecule has 1 nitrogen and oxygen atoms in total. The van der Waals surface area contributed by atoms with Crippen LogP contribution in [0.3, 0.4) is 0 Å². The topological polar surface area (TPSA) is 12.0 Å². The van der Waals surface area contributed by atoms with Gasteiger partial charge in [-0.15, -0.1) is 0 Å². The molecule has 1 heteroatoms. The van der Waals surface area contributed by atoms with Crippen LogP contribution >= 0.6 is 0 Å². The van der Waals surface area contributed by atoms with Crippen molar-refractivity contribution in [3.05, 3.63) is 34.9 Å². The van der Waals surface area contributed by atoms with Crippen LogP contribution in [0.25, 0.3) is 0 Å². The molecule has 0 aromatic heterocycles. The standard InChI is InChI=1S/C12H15N/c1-9-3-2-4-10-5-8-13-12(6-7-12)11(9)10/h2-4,13H,5-8H2,1H3. The fourth-order valence-electron chi connectivity index (χ4n) is 2.70. The second kappa shape index (κ2) is 2.36. The zero-order chi connectivity index (χ0) is 8.89. The number of fused-ring (bicyclic) bond motifs is 2. The first kappa shape index (κ1) is 7.57. The zero-order valence-electron chi connectivity index (χ0n) is 8.06. The van der Waals surface area contributed by atoms with Crippen LogP contribution < -0.4 is 5.32 Å². The van der Waals surface area contributed by atoms with Crippen LogP contribution in [0.15, 0.2) is 18.2 Å². The highest BCUT2D eigenvalue weighted by Crippen LogP contribution is 2.49. The van der Waals surface area contributed by atoms with Crippen molar-refractivity contribution in [3.8, 4) is 0 Å². The molecule has 0 radical (unpaired) electrons. The molecule has 0 unspecified atom stereocenters. The summed E-state index contributed by atoms with van der Waals surface area (Å²) in [4.78, 5) is 0.